The normalized spacial score (nSPS) is 17.3. The molecule has 1 heterocycles. The Morgan fingerprint density at radius 2 is 1.93 bits per heavy atom. The van der Waals surface area contributed by atoms with Crippen LogP contribution in [0.25, 0.3) is 0 Å². The third kappa shape index (κ3) is 2.49. The first-order valence-corrected chi connectivity index (χ1v) is 5.46. The van der Waals surface area contributed by atoms with Crippen LogP contribution in [0, 0.1) is 0 Å². The third-order valence-electron chi connectivity index (χ3n) is 2.37. The van der Waals surface area contributed by atoms with Gasteiger partial charge in [-0.15, -0.1) is 0 Å². The molecule has 1 aromatic rings. The van der Waals surface area contributed by atoms with Crippen molar-refractivity contribution in [3.63, 3.8) is 0 Å². The van der Waals surface area contributed by atoms with Crippen LogP contribution in [0.4, 0.5) is 5.82 Å². The molecule has 1 N–H and O–H groups in total. The van der Waals surface area contributed by atoms with Gasteiger partial charge in [-0.05, 0) is 24.4 Å². The fraction of sp³-hybridized carbons (Fsp3) is 0.556. The molecule has 0 aliphatic heterocycles. The van der Waals surface area contributed by atoms with E-state index in [1.54, 1.807) is 6.07 Å². The second kappa shape index (κ2) is 4.32. The molecule has 1 fully saturated rings. The summed E-state index contributed by atoms with van der Waals surface area (Å²) in [4.78, 5) is 7.84. The Hall–Kier alpha value is -0.540. The molecule has 0 amide bonds. The highest BCUT2D eigenvalue weighted by Crippen LogP contribution is 2.22. The van der Waals surface area contributed by atoms with Gasteiger partial charge in [0.05, 0.1) is 0 Å². The molecule has 1 aromatic heterocycles. The number of anilines is 1. The summed E-state index contributed by atoms with van der Waals surface area (Å²) in [5.41, 5.74) is 0. The van der Waals surface area contributed by atoms with Gasteiger partial charge in [0.15, 0.2) is 0 Å². The third-order valence-corrected chi connectivity index (χ3v) is 2.74. The van der Waals surface area contributed by atoms with Gasteiger partial charge in [-0.1, -0.05) is 24.4 Å². The number of nitrogens with zero attached hydrogens (tertiary/aromatic N) is 2. The van der Waals surface area contributed by atoms with E-state index in [2.05, 4.69) is 15.3 Å². The van der Waals surface area contributed by atoms with E-state index in [4.69, 9.17) is 23.2 Å². The van der Waals surface area contributed by atoms with Crippen molar-refractivity contribution in [3.05, 3.63) is 16.5 Å². The monoisotopic (exact) mass is 231 g/mol. The lowest BCUT2D eigenvalue weighted by atomic mass is 10.2. The summed E-state index contributed by atoms with van der Waals surface area (Å²) in [5.74, 6) is 0.724. The highest BCUT2D eigenvalue weighted by atomic mass is 35.5. The number of halogens is 2. The zero-order valence-electron chi connectivity index (χ0n) is 7.63. The van der Waals surface area contributed by atoms with Gasteiger partial charge in [0.1, 0.15) is 11.0 Å². The summed E-state index contributed by atoms with van der Waals surface area (Å²) in [6.07, 6.45) is 4.95. The minimum absolute atomic E-state index is 0.193. The molecule has 0 aromatic carbocycles. The maximum Gasteiger partial charge on any atom is 0.225 e. The van der Waals surface area contributed by atoms with E-state index in [1.165, 1.54) is 25.7 Å². The molecule has 76 valence electrons. The average Bonchev–Trinajstić information content (AvgIpc) is 2.54. The molecule has 1 aliphatic carbocycles. The fourth-order valence-corrected chi connectivity index (χ4v) is 2.15. The van der Waals surface area contributed by atoms with Crippen molar-refractivity contribution in [1.29, 1.82) is 0 Å². The van der Waals surface area contributed by atoms with Gasteiger partial charge < -0.3 is 5.32 Å². The first kappa shape index (κ1) is 9.99. The lowest BCUT2D eigenvalue weighted by molar-refractivity contribution is 0.750. The molecule has 1 aliphatic rings. The van der Waals surface area contributed by atoms with Crippen molar-refractivity contribution in [2.75, 3.05) is 5.32 Å². The summed E-state index contributed by atoms with van der Waals surface area (Å²) in [7, 11) is 0. The molecular weight excluding hydrogens is 221 g/mol. The smallest absolute Gasteiger partial charge is 0.225 e. The van der Waals surface area contributed by atoms with Gasteiger partial charge in [0.25, 0.3) is 0 Å². The maximum absolute atomic E-state index is 5.76. The Bertz CT molecular complexity index is 304. The van der Waals surface area contributed by atoms with Crippen LogP contribution >= 0.6 is 23.2 Å². The second-order valence-electron chi connectivity index (χ2n) is 3.47. The van der Waals surface area contributed by atoms with Crippen LogP contribution in [0.2, 0.25) is 10.4 Å². The van der Waals surface area contributed by atoms with Crippen molar-refractivity contribution in [3.8, 4) is 0 Å². The SMILES string of the molecule is Clc1cc(NC2CCCC2)nc(Cl)n1. The lowest BCUT2D eigenvalue weighted by Gasteiger charge is -2.12. The molecule has 0 unspecified atom stereocenters. The molecule has 0 atom stereocenters. The van der Waals surface area contributed by atoms with Crippen molar-refractivity contribution in [2.24, 2.45) is 0 Å². The minimum Gasteiger partial charge on any atom is -0.367 e. The zero-order chi connectivity index (χ0) is 9.97. The quantitative estimate of drug-likeness (QED) is 0.628. The summed E-state index contributed by atoms with van der Waals surface area (Å²) >= 11 is 11.4. The minimum atomic E-state index is 0.193. The highest BCUT2D eigenvalue weighted by Gasteiger charge is 2.15. The predicted molar refractivity (Wildman–Crippen MR) is 57.9 cm³/mol. The Morgan fingerprint density at radius 1 is 1.21 bits per heavy atom. The molecule has 2 rings (SSSR count). The number of aromatic nitrogens is 2. The summed E-state index contributed by atoms with van der Waals surface area (Å²) in [5, 5.41) is 3.88. The van der Waals surface area contributed by atoms with Crippen LogP contribution in [0.3, 0.4) is 0 Å². The molecule has 14 heavy (non-hydrogen) atoms. The maximum atomic E-state index is 5.76. The van der Waals surface area contributed by atoms with E-state index in [0.717, 1.165) is 5.82 Å². The van der Waals surface area contributed by atoms with Crippen molar-refractivity contribution in [1.82, 2.24) is 9.97 Å². The standard InChI is InChI=1S/C9H11Cl2N3/c10-7-5-8(14-9(11)13-7)12-6-3-1-2-4-6/h5-6H,1-4H2,(H,12,13,14). The van der Waals surface area contributed by atoms with Crippen molar-refractivity contribution in [2.45, 2.75) is 31.7 Å². The van der Waals surface area contributed by atoms with Gasteiger partial charge in [-0.25, -0.2) is 9.97 Å². The number of hydrogen-bond acceptors (Lipinski definition) is 3. The van der Waals surface area contributed by atoms with Gasteiger partial charge in [-0.2, -0.15) is 0 Å². The number of nitrogens with one attached hydrogen (secondary N) is 1. The van der Waals surface area contributed by atoms with Crippen molar-refractivity contribution >= 4 is 29.0 Å². The van der Waals surface area contributed by atoms with E-state index in [9.17, 15) is 0 Å². The van der Waals surface area contributed by atoms with Crippen LogP contribution < -0.4 is 5.32 Å². The largest absolute Gasteiger partial charge is 0.367 e. The van der Waals surface area contributed by atoms with E-state index in [-0.39, 0.29) is 5.28 Å². The molecular formula is C9H11Cl2N3. The topological polar surface area (TPSA) is 37.8 Å². The Kier molecular flexibility index (Phi) is 3.08. The first-order valence-electron chi connectivity index (χ1n) is 4.70. The number of hydrogen-bond donors (Lipinski definition) is 1. The van der Waals surface area contributed by atoms with Gasteiger partial charge in [0, 0.05) is 12.1 Å². The molecule has 0 spiro atoms. The van der Waals surface area contributed by atoms with Crippen LogP contribution in [0.1, 0.15) is 25.7 Å². The van der Waals surface area contributed by atoms with Crippen LogP contribution in [0.5, 0.6) is 0 Å². The van der Waals surface area contributed by atoms with Gasteiger partial charge >= 0.3 is 0 Å². The van der Waals surface area contributed by atoms with Crippen LogP contribution in [-0.4, -0.2) is 16.0 Å². The second-order valence-corrected chi connectivity index (χ2v) is 4.20. The Labute approximate surface area is 92.8 Å². The highest BCUT2D eigenvalue weighted by molar-refractivity contribution is 6.32. The van der Waals surface area contributed by atoms with E-state index in [1.807, 2.05) is 0 Å². The van der Waals surface area contributed by atoms with Crippen LogP contribution in [-0.2, 0) is 0 Å². The summed E-state index contributed by atoms with van der Waals surface area (Å²) in [6, 6.07) is 2.21. The first-order chi connectivity index (χ1) is 6.74. The molecule has 1 saturated carbocycles. The molecule has 5 heteroatoms. The van der Waals surface area contributed by atoms with E-state index in [0.29, 0.717) is 11.2 Å². The van der Waals surface area contributed by atoms with Crippen LogP contribution in [0.15, 0.2) is 6.07 Å². The molecule has 0 radical (unpaired) electrons. The zero-order valence-corrected chi connectivity index (χ0v) is 9.15. The van der Waals surface area contributed by atoms with Crippen molar-refractivity contribution < 1.29 is 0 Å². The summed E-state index contributed by atoms with van der Waals surface area (Å²) in [6.45, 7) is 0. The Morgan fingerprint density at radius 3 is 2.57 bits per heavy atom. The number of rotatable bonds is 2. The van der Waals surface area contributed by atoms with E-state index >= 15 is 0 Å². The van der Waals surface area contributed by atoms with E-state index < -0.39 is 0 Å². The molecule has 0 bridgehead atoms. The van der Waals surface area contributed by atoms with Gasteiger partial charge in [0.2, 0.25) is 5.28 Å². The molecule has 0 saturated heterocycles. The average molecular weight is 232 g/mol. The molecule has 3 nitrogen and oxygen atoms in total. The summed E-state index contributed by atoms with van der Waals surface area (Å²) < 4.78 is 0. The lowest BCUT2D eigenvalue weighted by Crippen LogP contribution is -2.15. The fourth-order valence-electron chi connectivity index (χ4n) is 1.74. The predicted octanol–water partition coefficient (Wildman–Crippen LogP) is 3.14. The van der Waals surface area contributed by atoms with Gasteiger partial charge in [-0.3, -0.25) is 0 Å². The Balaban J connectivity index is 2.07.